The van der Waals surface area contributed by atoms with E-state index in [9.17, 15) is 13.2 Å². The molecule has 0 atom stereocenters. The highest BCUT2D eigenvalue weighted by Crippen LogP contribution is 2.20. The number of sulfone groups is 1. The van der Waals surface area contributed by atoms with E-state index < -0.39 is 20.7 Å². The molecule has 19 heavy (non-hydrogen) atoms. The third-order valence-electron chi connectivity index (χ3n) is 2.50. The molecular weight excluding hydrogens is 268 g/mol. The first-order chi connectivity index (χ1) is 8.93. The fraction of sp³-hybridized carbons (Fsp3) is 0.308. The van der Waals surface area contributed by atoms with E-state index in [0.717, 1.165) is 18.2 Å². The van der Waals surface area contributed by atoms with Crippen LogP contribution in [0.4, 0.5) is 0 Å². The van der Waals surface area contributed by atoms with Crippen molar-refractivity contribution < 1.29 is 23.1 Å². The summed E-state index contributed by atoms with van der Waals surface area (Å²) in [5.74, 6) is -1.53. The largest absolute Gasteiger partial charge is 0.500 e. The zero-order valence-corrected chi connectivity index (χ0v) is 11.6. The number of carboxylic acid groups (broad SMARTS) is 1. The van der Waals surface area contributed by atoms with Gasteiger partial charge in [-0.05, 0) is 31.0 Å². The number of carboxylic acids is 1. The third kappa shape index (κ3) is 3.57. The molecule has 0 aliphatic carbocycles. The molecule has 0 aromatic heterocycles. The van der Waals surface area contributed by atoms with Gasteiger partial charge in [-0.1, -0.05) is 19.1 Å². The molecule has 0 aliphatic rings. The van der Waals surface area contributed by atoms with E-state index in [1.807, 2.05) is 6.92 Å². The maximum atomic E-state index is 12.2. The fourth-order valence-electron chi connectivity index (χ4n) is 1.42. The Bertz CT molecular complexity index is 570. The van der Waals surface area contributed by atoms with Crippen LogP contribution in [0.5, 0.6) is 0 Å². The standard InChI is InChI=1S/C13H16O5S/c1-3-10-5-7-11(8-6-10)19(16,17)12(13(14)15)9-18-4-2/h5-9H,3-4H2,1-2H3,(H,14,15)/b12-9+. The van der Waals surface area contributed by atoms with Crippen molar-refractivity contribution in [2.75, 3.05) is 6.61 Å². The van der Waals surface area contributed by atoms with Crippen LogP contribution in [-0.2, 0) is 25.8 Å². The molecule has 6 heteroatoms. The molecule has 0 amide bonds. The predicted molar refractivity (Wildman–Crippen MR) is 70.4 cm³/mol. The Balaban J connectivity index is 3.23. The van der Waals surface area contributed by atoms with E-state index >= 15 is 0 Å². The number of benzene rings is 1. The molecule has 0 bridgehead atoms. The lowest BCUT2D eigenvalue weighted by Gasteiger charge is -2.06. The van der Waals surface area contributed by atoms with Crippen LogP contribution in [0, 0.1) is 0 Å². The second-order valence-corrected chi connectivity index (χ2v) is 5.66. The number of carbonyl (C=O) groups is 1. The topological polar surface area (TPSA) is 80.7 Å². The molecule has 1 aromatic carbocycles. The van der Waals surface area contributed by atoms with Gasteiger partial charge >= 0.3 is 5.97 Å². The molecule has 0 unspecified atom stereocenters. The second-order valence-electron chi connectivity index (χ2n) is 3.74. The number of hydrogen-bond donors (Lipinski definition) is 1. The van der Waals surface area contributed by atoms with E-state index in [-0.39, 0.29) is 11.5 Å². The summed E-state index contributed by atoms with van der Waals surface area (Å²) < 4.78 is 29.1. The van der Waals surface area contributed by atoms with Gasteiger partial charge < -0.3 is 9.84 Å². The van der Waals surface area contributed by atoms with E-state index in [1.165, 1.54) is 12.1 Å². The lowest BCUT2D eigenvalue weighted by molar-refractivity contribution is -0.132. The van der Waals surface area contributed by atoms with Gasteiger partial charge in [0.25, 0.3) is 0 Å². The minimum Gasteiger partial charge on any atom is -0.500 e. The van der Waals surface area contributed by atoms with Crippen molar-refractivity contribution >= 4 is 15.8 Å². The van der Waals surface area contributed by atoms with Crippen LogP contribution < -0.4 is 0 Å². The van der Waals surface area contributed by atoms with Gasteiger partial charge in [0.05, 0.1) is 11.5 Å². The average Bonchev–Trinajstić information content (AvgIpc) is 2.38. The number of rotatable bonds is 6. The SMILES string of the molecule is CCO/C=C(\C(=O)O)S(=O)(=O)c1ccc(CC)cc1. The maximum absolute atomic E-state index is 12.2. The first-order valence-corrected chi connectivity index (χ1v) is 7.30. The monoisotopic (exact) mass is 284 g/mol. The Kier molecular flexibility index (Phi) is 5.11. The van der Waals surface area contributed by atoms with Gasteiger partial charge in [-0.3, -0.25) is 0 Å². The molecule has 0 aliphatic heterocycles. The molecule has 0 heterocycles. The summed E-state index contributed by atoms with van der Waals surface area (Å²) in [5.41, 5.74) is 0.976. The summed E-state index contributed by atoms with van der Waals surface area (Å²) in [5, 5.41) is 8.97. The number of hydrogen-bond acceptors (Lipinski definition) is 4. The fourth-order valence-corrected chi connectivity index (χ4v) is 2.59. The van der Waals surface area contributed by atoms with Crippen LogP contribution in [0.2, 0.25) is 0 Å². The van der Waals surface area contributed by atoms with Crippen LogP contribution in [-0.4, -0.2) is 26.1 Å². The van der Waals surface area contributed by atoms with Gasteiger partial charge in [-0.2, -0.15) is 0 Å². The van der Waals surface area contributed by atoms with Crippen molar-refractivity contribution in [2.45, 2.75) is 25.2 Å². The lowest BCUT2D eigenvalue weighted by atomic mass is 10.2. The minimum atomic E-state index is -4.06. The zero-order chi connectivity index (χ0) is 14.5. The van der Waals surface area contributed by atoms with E-state index in [4.69, 9.17) is 9.84 Å². The minimum absolute atomic E-state index is 0.0574. The van der Waals surface area contributed by atoms with Crippen molar-refractivity contribution in [3.8, 4) is 0 Å². The van der Waals surface area contributed by atoms with Gasteiger partial charge in [-0.15, -0.1) is 0 Å². The molecule has 0 saturated heterocycles. The molecule has 0 saturated carbocycles. The van der Waals surface area contributed by atoms with Crippen molar-refractivity contribution in [1.29, 1.82) is 0 Å². The van der Waals surface area contributed by atoms with Gasteiger partial charge in [0.1, 0.15) is 6.26 Å². The Hall–Kier alpha value is -1.82. The van der Waals surface area contributed by atoms with Gasteiger partial charge in [0, 0.05) is 0 Å². The normalized spacial score (nSPS) is 12.2. The van der Waals surface area contributed by atoms with Crippen LogP contribution in [0.1, 0.15) is 19.4 Å². The smallest absolute Gasteiger partial charge is 0.350 e. The van der Waals surface area contributed by atoms with Crippen LogP contribution in [0.15, 0.2) is 40.3 Å². The van der Waals surface area contributed by atoms with E-state index in [1.54, 1.807) is 19.1 Å². The molecule has 0 fully saturated rings. The van der Waals surface area contributed by atoms with Crippen molar-refractivity contribution in [2.24, 2.45) is 0 Å². The maximum Gasteiger partial charge on any atom is 0.350 e. The van der Waals surface area contributed by atoms with Gasteiger partial charge in [0.15, 0.2) is 4.91 Å². The zero-order valence-electron chi connectivity index (χ0n) is 10.8. The first-order valence-electron chi connectivity index (χ1n) is 5.82. The molecule has 1 N–H and O–H groups in total. The highest BCUT2D eigenvalue weighted by molar-refractivity contribution is 7.96. The van der Waals surface area contributed by atoms with Crippen molar-refractivity contribution in [1.82, 2.24) is 0 Å². The van der Waals surface area contributed by atoms with Gasteiger partial charge in [0.2, 0.25) is 9.84 Å². The van der Waals surface area contributed by atoms with Crippen LogP contribution >= 0.6 is 0 Å². The molecule has 5 nitrogen and oxygen atoms in total. The molecule has 1 aromatic rings. The third-order valence-corrected chi connectivity index (χ3v) is 4.24. The van der Waals surface area contributed by atoms with Crippen molar-refractivity contribution in [3.63, 3.8) is 0 Å². The molecular formula is C13H16O5S. The highest BCUT2D eigenvalue weighted by Gasteiger charge is 2.27. The number of aliphatic carboxylic acids is 1. The first kappa shape index (κ1) is 15.2. The summed E-state index contributed by atoms with van der Waals surface area (Å²) in [4.78, 5) is 10.2. The van der Waals surface area contributed by atoms with E-state index in [0.29, 0.717) is 0 Å². The van der Waals surface area contributed by atoms with E-state index in [2.05, 4.69) is 0 Å². The summed E-state index contributed by atoms with van der Waals surface area (Å²) in [6.45, 7) is 3.78. The second kappa shape index (κ2) is 6.38. The predicted octanol–water partition coefficient (Wildman–Crippen LogP) is 1.99. The highest BCUT2D eigenvalue weighted by atomic mass is 32.2. The molecule has 0 radical (unpaired) electrons. The Morgan fingerprint density at radius 3 is 2.26 bits per heavy atom. The summed E-state index contributed by atoms with van der Waals surface area (Å²) in [7, 11) is -4.06. The lowest BCUT2D eigenvalue weighted by Crippen LogP contribution is -2.14. The number of aryl methyl sites for hydroxylation is 1. The van der Waals surface area contributed by atoms with Gasteiger partial charge in [-0.25, -0.2) is 13.2 Å². The number of ether oxygens (including phenoxy) is 1. The molecule has 1 rings (SSSR count). The molecule has 104 valence electrons. The Morgan fingerprint density at radius 1 is 1.26 bits per heavy atom. The Labute approximate surface area is 112 Å². The van der Waals surface area contributed by atoms with Crippen LogP contribution in [0.3, 0.4) is 0 Å². The quantitative estimate of drug-likeness (QED) is 0.638. The average molecular weight is 284 g/mol. The summed E-state index contributed by atoms with van der Waals surface area (Å²) in [6, 6.07) is 6.12. The Morgan fingerprint density at radius 2 is 1.84 bits per heavy atom. The van der Waals surface area contributed by atoms with Crippen molar-refractivity contribution in [3.05, 3.63) is 41.0 Å². The van der Waals surface area contributed by atoms with Crippen LogP contribution in [0.25, 0.3) is 0 Å². The molecule has 0 spiro atoms. The summed E-state index contributed by atoms with van der Waals surface area (Å²) in [6.07, 6.45) is 1.55. The summed E-state index contributed by atoms with van der Waals surface area (Å²) >= 11 is 0.